The zero-order chi connectivity index (χ0) is 13.1. The highest BCUT2D eigenvalue weighted by Gasteiger charge is 2.11. The van der Waals surface area contributed by atoms with Gasteiger partial charge in [0.2, 0.25) is 0 Å². The summed E-state index contributed by atoms with van der Waals surface area (Å²) < 4.78 is 2.30. The Morgan fingerprint density at radius 2 is 2.00 bits per heavy atom. The Hall–Kier alpha value is -0.390. The van der Waals surface area contributed by atoms with E-state index in [-0.39, 0.29) is 6.04 Å². The van der Waals surface area contributed by atoms with Crippen molar-refractivity contribution in [1.82, 2.24) is 0 Å². The molecular formula is C15H15BrIN. The van der Waals surface area contributed by atoms with E-state index in [9.17, 15) is 0 Å². The SMILES string of the molecule is Cc1cccc(CC(N)c2cc(Br)ccc2I)c1. The number of aryl methyl sites for hydroxylation is 1. The Morgan fingerprint density at radius 1 is 1.22 bits per heavy atom. The summed E-state index contributed by atoms with van der Waals surface area (Å²) in [6.45, 7) is 2.11. The maximum Gasteiger partial charge on any atom is 0.0346 e. The van der Waals surface area contributed by atoms with Crippen molar-refractivity contribution in [3.63, 3.8) is 0 Å². The second kappa shape index (κ2) is 6.17. The van der Waals surface area contributed by atoms with Crippen molar-refractivity contribution in [2.24, 2.45) is 5.73 Å². The molecule has 0 aliphatic rings. The highest BCUT2D eigenvalue weighted by Crippen LogP contribution is 2.25. The fraction of sp³-hybridized carbons (Fsp3) is 0.200. The van der Waals surface area contributed by atoms with E-state index >= 15 is 0 Å². The van der Waals surface area contributed by atoms with E-state index < -0.39 is 0 Å². The lowest BCUT2D eigenvalue weighted by atomic mass is 9.99. The minimum Gasteiger partial charge on any atom is -0.324 e. The van der Waals surface area contributed by atoms with Gasteiger partial charge in [-0.1, -0.05) is 45.8 Å². The molecule has 3 heteroatoms. The molecule has 1 nitrogen and oxygen atoms in total. The van der Waals surface area contributed by atoms with Crippen LogP contribution in [0.15, 0.2) is 46.9 Å². The summed E-state index contributed by atoms with van der Waals surface area (Å²) in [5.41, 5.74) is 10.1. The van der Waals surface area contributed by atoms with Crippen LogP contribution in [0.5, 0.6) is 0 Å². The molecule has 0 fully saturated rings. The van der Waals surface area contributed by atoms with E-state index in [0.29, 0.717) is 0 Å². The first-order chi connectivity index (χ1) is 8.56. The highest BCUT2D eigenvalue weighted by atomic mass is 127. The molecule has 2 aromatic rings. The van der Waals surface area contributed by atoms with Crippen molar-refractivity contribution in [3.05, 3.63) is 67.2 Å². The molecule has 0 spiro atoms. The Morgan fingerprint density at radius 3 is 2.72 bits per heavy atom. The van der Waals surface area contributed by atoms with E-state index in [1.54, 1.807) is 0 Å². The Labute approximate surface area is 130 Å². The van der Waals surface area contributed by atoms with Crippen molar-refractivity contribution in [2.75, 3.05) is 0 Å². The van der Waals surface area contributed by atoms with Gasteiger partial charge in [0.1, 0.15) is 0 Å². The number of hydrogen-bond donors (Lipinski definition) is 1. The lowest BCUT2D eigenvalue weighted by Crippen LogP contribution is -2.14. The van der Waals surface area contributed by atoms with Gasteiger partial charge < -0.3 is 5.73 Å². The third kappa shape index (κ3) is 3.56. The van der Waals surface area contributed by atoms with Crippen LogP contribution in [0.2, 0.25) is 0 Å². The summed E-state index contributed by atoms with van der Waals surface area (Å²) in [6, 6.07) is 14.8. The summed E-state index contributed by atoms with van der Waals surface area (Å²) in [4.78, 5) is 0. The molecule has 0 bridgehead atoms. The molecule has 94 valence electrons. The zero-order valence-corrected chi connectivity index (χ0v) is 13.9. The standard InChI is InChI=1S/C15H15BrIN/c1-10-3-2-4-11(7-10)8-15(18)13-9-12(16)5-6-14(13)17/h2-7,9,15H,8,18H2,1H3. The van der Waals surface area contributed by atoms with Gasteiger partial charge in [0.15, 0.2) is 0 Å². The molecule has 1 unspecified atom stereocenters. The van der Waals surface area contributed by atoms with Crippen LogP contribution in [0.1, 0.15) is 22.7 Å². The molecule has 0 aliphatic heterocycles. The molecule has 0 amide bonds. The maximum atomic E-state index is 6.32. The summed E-state index contributed by atoms with van der Waals surface area (Å²) in [5, 5.41) is 0. The quantitative estimate of drug-likeness (QED) is 0.728. The van der Waals surface area contributed by atoms with Crippen molar-refractivity contribution in [1.29, 1.82) is 0 Å². The average Bonchev–Trinajstić information content (AvgIpc) is 2.32. The van der Waals surface area contributed by atoms with E-state index in [0.717, 1.165) is 10.9 Å². The molecule has 1 atom stereocenters. The second-order valence-corrected chi connectivity index (χ2v) is 6.54. The average molecular weight is 416 g/mol. The Kier molecular flexibility index (Phi) is 4.81. The minimum absolute atomic E-state index is 0.0381. The number of halogens is 2. The molecule has 0 aromatic heterocycles. The molecular weight excluding hydrogens is 401 g/mol. The fourth-order valence-corrected chi connectivity index (χ4v) is 3.12. The number of hydrogen-bond acceptors (Lipinski definition) is 1. The van der Waals surface area contributed by atoms with Crippen molar-refractivity contribution in [2.45, 2.75) is 19.4 Å². The Balaban J connectivity index is 2.21. The maximum absolute atomic E-state index is 6.32. The van der Waals surface area contributed by atoms with Gasteiger partial charge >= 0.3 is 0 Å². The van der Waals surface area contributed by atoms with E-state index in [2.05, 4.69) is 81.8 Å². The fourth-order valence-electron chi connectivity index (χ4n) is 2.00. The molecule has 0 saturated heterocycles. The Bertz CT molecular complexity index is 554. The molecule has 2 N–H and O–H groups in total. The lowest BCUT2D eigenvalue weighted by molar-refractivity contribution is 0.717. The monoisotopic (exact) mass is 415 g/mol. The van der Waals surface area contributed by atoms with Gasteiger partial charge in [-0.3, -0.25) is 0 Å². The third-order valence-electron chi connectivity index (χ3n) is 2.90. The summed E-state index contributed by atoms with van der Waals surface area (Å²) in [7, 11) is 0. The zero-order valence-electron chi connectivity index (χ0n) is 10.2. The predicted octanol–water partition coefficient (Wildman–Crippen LogP) is 4.60. The number of benzene rings is 2. The van der Waals surface area contributed by atoms with Crippen LogP contribution in [0.3, 0.4) is 0 Å². The van der Waals surface area contributed by atoms with Crippen LogP contribution < -0.4 is 5.73 Å². The van der Waals surface area contributed by atoms with Gasteiger partial charge in [-0.25, -0.2) is 0 Å². The molecule has 2 rings (SSSR count). The predicted molar refractivity (Wildman–Crippen MR) is 88.7 cm³/mol. The lowest BCUT2D eigenvalue weighted by Gasteiger charge is -2.15. The van der Waals surface area contributed by atoms with Crippen LogP contribution in [0.4, 0.5) is 0 Å². The molecule has 0 saturated carbocycles. The summed E-state index contributed by atoms with van der Waals surface area (Å²) in [6.07, 6.45) is 0.869. The van der Waals surface area contributed by atoms with E-state index in [1.165, 1.54) is 20.3 Å². The highest BCUT2D eigenvalue weighted by molar-refractivity contribution is 14.1. The van der Waals surface area contributed by atoms with Gasteiger partial charge in [-0.2, -0.15) is 0 Å². The minimum atomic E-state index is 0.0381. The number of nitrogens with two attached hydrogens (primary N) is 1. The first-order valence-corrected chi connectivity index (χ1v) is 7.69. The second-order valence-electron chi connectivity index (χ2n) is 4.47. The van der Waals surface area contributed by atoms with Crippen LogP contribution in [0, 0.1) is 10.5 Å². The summed E-state index contributed by atoms with van der Waals surface area (Å²) >= 11 is 5.84. The van der Waals surface area contributed by atoms with Gasteiger partial charge in [0, 0.05) is 14.1 Å². The normalized spacial score (nSPS) is 12.4. The molecule has 0 heterocycles. The molecule has 0 aliphatic carbocycles. The van der Waals surface area contributed by atoms with Gasteiger partial charge in [0.25, 0.3) is 0 Å². The molecule has 2 aromatic carbocycles. The van der Waals surface area contributed by atoms with Gasteiger partial charge in [-0.05, 0) is 65.3 Å². The third-order valence-corrected chi connectivity index (χ3v) is 4.37. The summed E-state index contributed by atoms with van der Waals surface area (Å²) in [5.74, 6) is 0. The first-order valence-electron chi connectivity index (χ1n) is 5.82. The smallest absolute Gasteiger partial charge is 0.0346 e. The van der Waals surface area contributed by atoms with Crippen molar-refractivity contribution in [3.8, 4) is 0 Å². The van der Waals surface area contributed by atoms with Crippen LogP contribution in [-0.2, 0) is 6.42 Å². The number of rotatable bonds is 3. The van der Waals surface area contributed by atoms with Crippen LogP contribution in [-0.4, -0.2) is 0 Å². The van der Waals surface area contributed by atoms with Gasteiger partial charge in [-0.15, -0.1) is 0 Å². The van der Waals surface area contributed by atoms with Crippen LogP contribution >= 0.6 is 38.5 Å². The molecule has 0 radical (unpaired) electrons. The topological polar surface area (TPSA) is 26.0 Å². The van der Waals surface area contributed by atoms with Crippen LogP contribution in [0.25, 0.3) is 0 Å². The van der Waals surface area contributed by atoms with Crippen molar-refractivity contribution < 1.29 is 0 Å². The largest absolute Gasteiger partial charge is 0.324 e. The van der Waals surface area contributed by atoms with Crippen molar-refractivity contribution >= 4 is 38.5 Å². The van der Waals surface area contributed by atoms with Gasteiger partial charge in [0.05, 0.1) is 0 Å². The first kappa shape index (κ1) is 14.0. The molecule has 18 heavy (non-hydrogen) atoms. The van der Waals surface area contributed by atoms with E-state index in [4.69, 9.17) is 5.73 Å². The van der Waals surface area contributed by atoms with E-state index in [1.807, 2.05) is 6.07 Å².